The molecule has 0 fully saturated rings. The summed E-state index contributed by atoms with van der Waals surface area (Å²) in [6.45, 7) is 3.20. The van der Waals surface area contributed by atoms with Gasteiger partial charge in [0.25, 0.3) is 0 Å². The Balaban J connectivity index is 3.21. The number of hydrogen-bond donors (Lipinski definition) is 0. The summed E-state index contributed by atoms with van der Waals surface area (Å²) in [5, 5.41) is 0. The molecule has 30 heavy (non-hydrogen) atoms. The number of ether oxygens (including phenoxy) is 1. The molecule has 1 aromatic rings. The van der Waals surface area contributed by atoms with Crippen LogP contribution in [-0.2, 0) is 15.3 Å². The van der Waals surface area contributed by atoms with Crippen molar-refractivity contribution >= 4 is 8.56 Å². The molecule has 0 bridgehead atoms. The van der Waals surface area contributed by atoms with E-state index in [1.54, 1.807) is 12.1 Å². The molecule has 0 aliphatic carbocycles. The van der Waals surface area contributed by atoms with Crippen LogP contribution in [0.2, 0.25) is 6.04 Å². The van der Waals surface area contributed by atoms with Gasteiger partial charge in [-0.2, -0.15) is 39.5 Å². The lowest BCUT2D eigenvalue weighted by Crippen LogP contribution is -2.72. The molecule has 0 aliphatic rings. The minimum atomic E-state index is -7.03. The number of para-hydroxylation sites is 1. The van der Waals surface area contributed by atoms with Gasteiger partial charge >= 0.3 is 32.1 Å². The smallest absolute Gasteiger partial charge is 0.460 e. The van der Waals surface area contributed by atoms with Crippen molar-refractivity contribution in [2.45, 2.75) is 43.0 Å². The van der Waals surface area contributed by atoms with Crippen LogP contribution in [0.3, 0.4) is 0 Å². The predicted octanol–water partition coefficient (Wildman–Crippen LogP) is 5.88. The zero-order valence-corrected chi connectivity index (χ0v) is 16.8. The number of benzene rings is 1. The zero-order chi connectivity index (χ0) is 23.4. The van der Waals surface area contributed by atoms with E-state index in [9.17, 15) is 39.5 Å². The summed E-state index contributed by atoms with van der Waals surface area (Å²) in [5.41, 5.74) is -5.45. The lowest BCUT2D eigenvalue weighted by atomic mass is 10.1. The van der Waals surface area contributed by atoms with E-state index in [2.05, 4.69) is 15.4 Å². The van der Waals surface area contributed by atoms with Gasteiger partial charge < -0.3 is 13.6 Å². The SMILES string of the molecule is C=CCc1ccccc1OCO[Si](CC)(OC)C(F)(F)C(F)(F)C(F)(F)C(F)(F)F. The maximum atomic E-state index is 14.5. The van der Waals surface area contributed by atoms with Crippen molar-refractivity contribution < 1.29 is 53.1 Å². The molecular formula is C17H19F9O3Si. The van der Waals surface area contributed by atoms with Crippen LogP contribution in [0.5, 0.6) is 5.75 Å². The summed E-state index contributed by atoms with van der Waals surface area (Å²) in [7, 11) is -5.22. The van der Waals surface area contributed by atoms with Gasteiger partial charge in [0.15, 0.2) is 6.79 Å². The summed E-state index contributed by atoms with van der Waals surface area (Å²) >= 11 is 0. The molecule has 0 aromatic heterocycles. The van der Waals surface area contributed by atoms with Crippen LogP contribution in [-0.4, -0.2) is 46.0 Å². The van der Waals surface area contributed by atoms with Gasteiger partial charge in [-0.3, -0.25) is 0 Å². The second-order valence-corrected chi connectivity index (χ2v) is 9.58. The fraction of sp³-hybridized carbons (Fsp3) is 0.529. The maximum Gasteiger partial charge on any atom is 0.460 e. The first kappa shape index (κ1) is 26.3. The van der Waals surface area contributed by atoms with Crippen LogP contribution in [0.15, 0.2) is 36.9 Å². The molecule has 0 N–H and O–H groups in total. The topological polar surface area (TPSA) is 27.7 Å². The number of hydrogen-bond acceptors (Lipinski definition) is 3. The van der Waals surface area contributed by atoms with Gasteiger partial charge in [0.2, 0.25) is 0 Å². The minimum Gasteiger partial charge on any atom is -0.468 e. The largest absolute Gasteiger partial charge is 0.468 e. The van der Waals surface area contributed by atoms with E-state index in [1.165, 1.54) is 18.2 Å². The van der Waals surface area contributed by atoms with Crippen LogP contribution >= 0.6 is 0 Å². The number of allylic oxidation sites excluding steroid dienone is 1. The molecule has 0 saturated heterocycles. The van der Waals surface area contributed by atoms with Crippen LogP contribution in [0, 0.1) is 0 Å². The van der Waals surface area contributed by atoms with Crippen molar-refractivity contribution in [3.05, 3.63) is 42.5 Å². The second-order valence-electron chi connectivity index (χ2n) is 6.04. The van der Waals surface area contributed by atoms with E-state index >= 15 is 0 Å². The molecule has 0 amide bonds. The van der Waals surface area contributed by atoms with E-state index in [-0.39, 0.29) is 12.2 Å². The molecular weight excluding hydrogens is 451 g/mol. The molecule has 1 rings (SSSR count). The molecule has 0 heterocycles. The first-order valence-corrected chi connectivity index (χ1v) is 10.4. The van der Waals surface area contributed by atoms with Crippen LogP contribution in [0.25, 0.3) is 0 Å². The van der Waals surface area contributed by atoms with Crippen molar-refractivity contribution in [2.24, 2.45) is 0 Å². The standard InChI is InChI=1S/C17H19F9O3Si/c1-4-8-12-9-6-7-10-13(12)28-11-29-30(5-2,27-3)17(25,26)15(20,21)14(18,19)16(22,23)24/h4,6-7,9-10H,1,5,8,11H2,2-3H3. The Morgan fingerprint density at radius 1 is 0.967 bits per heavy atom. The highest BCUT2D eigenvalue weighted by Crippen LogP contribution is 2.56. The Morgan fingerprint density at radius 2 is 1.53 bits per heavy atom. The first-order chi connectivity index (χ1) is 13.6. The highest BCUT2D eigenvalue weighted by molar-refractivity contribution is 6.70. The first-order valence-electron chi connectivity index (χ1n) is 8.36. The Labute approximate surface area is 167 Å². The summed E-state index contributed by atoms with van der Waals surface area (Å²) < 4.78 is 134. The average molecular weight is 470 g/mol. The van der Waals surface area contributed by atoms with E-state index in [0.717, 1.165) is 6.92 Å². The average Bonchev–Trinajstić information content (AvgIpc) is 2.65. The van der Waals surface area contributed by atoms with Gasteiger partial charge in [0.1, 0.15) is 5.75 Å². The van der Waals surface area contributed by atoms with Crippen molar-refractivity contribution in [3.63, 3.8) is 0 Å². The predicted molar refractivity (Wildman–Crippen MR) is 91.1 cm³/mol. The van der Waals surface area contributed by atoms with E-state index in [4.69, 9.17) is 4.74 Å². The van der Waals surface area contributed by atoms with E-state index < -0.39 is 45.0 Å². The van der Waals surface area contributed by atoms with Gasteiger partial charge in [-0.25, -0.2) is 0 Å². The zero-order valence-electron chi connectivity index (χ0n) is 15.8. The van der Waals surface area contributed by atoms with Crippen LogP contribution < -0.4 is 4.74 Å². The summed E-state index contributed by atoms with van der Waals surface area (Å²) in [6, 6.07) is 4.99. The molecule has 3 nitrogen and oxygen atoms in total. The van der Waals surface area contributed by atoms with Crippen molar-refractivity contribution in [1.29, 1.82) is 0 Å². The monoisotopic (exact) mass is 470 g/mol. The molecule has 1 atom stereocenters. The fourth-order valence-corrected chi connectivity index (χ4v) is 4.89. The quantitative estimate of drug-likeness (QED) is 0.175. The third kappa shape index (κ3) is 4.47. The van der Waals surface area contributed by atoms with Crippen LogP contribution in [0.1, 0.15) is 12.5 Å². The maximum absolute atomic E-state index is 14.5. The Bertz CT molecular complexity index is 719. The highest BCUT2D eigenvalue weighted by atomic mass is 28.4. The summed E-state index contributed by atoms with van der Waals surface area (Å²) in [4.78, 5) is 0. The Morgan fingerprint density at radius 3 is 2.00 bits per heavy atom. The Kier molecular flexibility index (Phi) is 8.05. The lowest BCUT2D eigenvalue weighted by Gasteiger charge is -2.41. The van der Waals surface area contributed by atoms with Gasteiger partial charge in [0, 0.05) is 7.11 Å². The van der Waals surface area contributed by atoms with Gasteiger partial charge in [-0.1, -0.05) is 31.2 Å². The van der Waals surface area contributed by atoms with Crippen molar-refractivity contribution in [2.75, 3.05) is 13.9 Å². The molecule has 0 aliphatic heterocycles. The lowest BCUT2D eigenvalue weighted by molar-refractivity contribution is -0.387. The van der Waals surface area contributed by atoms with Crippen LogP contribution in [0.4, 0.5) is 39.5 Å². The summed E-state index contributed by atoms with van der Waals surface area (Å²) in [5.74, 6) is -13.8. The third-order valence-electron chi connectivity index (χ3n) is 4.26. The molecule has 1 aromatic carbocycles. The van der Waals surface area contributed by atoms with Crippen molar-refractivity contribution in [3.8, 4) is 5.75 Å². The minimum absolute atomic E-state index is 0.0863. The molecule has 0 saturated carbocycles. The normalized spacial score (nSPS) is 15.6. The van der Waals surface area contributed by atoms with Gasteiger partial charge in [0.05, 0.1) is 0 Å². The third-order valence-corrected chi connectivity index (χ3v) is 7.71. The molecule has 0 radical (unpaired) electrons. The number of halogens is 9. The summed E-state index contributed by atoms with van der Waals surface area (Å²) in [6.07, 6.45) is -5.16. The highest BCUT2D eigenvalue weighted by Gasteiger charge is 2.87. The number of rotatable bonds is 11. The van der Waals surface area contributed by atoms with E-state index in [0.29, 0.717) is 12.7 Å². The fourth-order valence-electron chi connectivity index (χ4n) is 2.52. The van der Waals surface area contributed by atoms with Gasteiger partial charge in [-0.15, -0.1) is 6.58 Å². The Hall–Kier alpha value is -1.73. The number of alkyl halides is 9. The molecule has 0 spiro atoms. The molecule has 172 valence electrons. The van der Waals surface area contributed by atoms with E-state index in [1.807, 2.05) is 0 Å². The van der Waals surface area contributed by atoms with Crippen molar-refractivity contribution in [1.82, 2.24) is 0 Å². The second kappa shape index (κ2) is 9.18. The molecule has 1 unspecified atom stereocenters. The molecule has 13 heteroatoms. The van der Waals surface area contributed by atoms with Gasteiger partial charge in [-0.05, 0) is 24.1 Å².